The Kier molecular flexibility index (Phi) is 31.1. The summed E-state index contributed by atoms with van der Waals surface area (Å²) in [6.45, 7) is 18.4. The molecule has 1 unspecified atom stereocenters. The van der Waals surface area contributed by atoms with E-state index in [2.05, 4.69) is 76.0 Å². The average molecular weight is 2130 g/mol. The predicted octanol–water partition coefficient (Wildman–Crippen LogP) is 16.4. The molecule has 6 aromatic heterocycles. The number of piperazine rings is 4. The molecule has 5 atom stereocenters. The van der Waals surface area contributed by atoms with E-state index < -0.39 is 74.5 Å². The van der Waals surface area contributed by atoms with Crippen LogP contribution in [0.15, 0.2) is 268 Å². The highest BCUT2D eigenvalue weighted by atomic mass is 32.2. The molecular formula is C98H118F6N22O12S7. The van der Waals surface area contributed by atoms with E-state index in [0.29, 0.717) is 105 Å². The Balaban J connectivity index is 0.000000222. The van der Waals surface area contributed by atoms with Crippen molar-refractivity contribution in [3.05, 3.63) is 276 Å². The molecule has 0 aliphatic carbocycles. The molecular weight excluding hydrogens is 2020 g/mol. The van der Waals surface area contributed by atoms with Gasteiger partial charge in [0.05, 0.1) is 36.7 Å². The Bertz CT molecular complexity index is 7450. The number of hydrogen-bond donors (Lipinski definition) is 4. The first-order valence-electron chi connectivity index (χ1n) is 46.5. The molecule has 4 amide bonds. The highest BCUT2D eigenvalue weighted by Gasteiger charge is 2.41. The third-order valence-electron chi connectivity index (χ3n) is 26.1. The summed E-state index contributed by atoms with van der Waals surface area (Å²) in [7, 11) is -15.4. The van der Waals surface area contributed by atoms with Crippen LogP contribution in [0.2, 0.25) is 0 Å². The number of aromatic nitrogens is 8. The van der Waals surface area contributed by atoms with Gasteiger partial charge in [0.2, 0.25) is 33.8 Å². The van der Waals surface area contributed by atoms with Crippen LogP contribution in [0.5, 0.6) is 0 Å². The molecule has 6 aliphatic heterocycles. The zero-order valence-corrected chi connectivity index (χ0v) is 84.5. The van der Waals surface area contributed by atoms with Crippen LogP contribution in [0.3, 0.4) is 0 Å². The number of hydrogen-bond acceptors (Lipinski definition) is 27. The van der Waals surface area contributed by atoms with Crippen molar-refractivity contribution in [1.82, 2.24) is 58.9 Å². The molecule has 34 nitrogen and oxygen atoms in total. The lowest BCUT2D eigenvalue weighted by Gasteiger charge is -2.42. The molecule has 0 spiro atoms. The lowest BCUT2D eigenvalue weighted by molar-refractivity contribution is -0.138. The molecule has 8 aromatic carbocycles. The predicted molar refractivity (Wildman–Crippen MR) is 564 cm³/mol. The van der Waals surface area contributed by atoms with Crippen molar-refractivity contribution in [1.29, 1.82) is 0 Å². The number of aryl methyl sites for hydroxylation is 1. The number of alkyl halides is 3. The van der Waals surface area contributed by atoms with Gasteiger partial charge >= 0.3 is 6.18 Å². The van der Waals surface area contributed by atoms with Gasteiger partial charge < -0.3 is 53.2 Å². The number of thiazole rings is 2. The number of halogens is 6. The van der Waals surface area contributed by atoms with Gasteiger partial charge in [-0.25, -0.2) is 66.8 Å². The van der Waals surface area contributed by atoms with Crippen LogP contribution in [0.25, 0.3) is 21.8 Å². The monoisotopic (exact) mass is 2130 g/mol. The van der Waals surface area contributed by atoms with E-state index in [0.717, 1.165) is 91.4 Å². The maximum absolute atomic E-state index is 14.5. The number of amides is 4. The minimum atomic E-state index is -4.71. The quantitative estimate of drug-likeness (QED) is 0.0408. The molecule has 0 radical (unpaired) electrons. The van der Waals surface area contributed by atoms with Crippen molar-refractivity contribution in [2.45, 2.75) is 103 Å². The molecule has 0 bridgehead atoms. The third-order valence-corrected chi connectivity index (χ3v) is 34.2. The molecule has 14 aromatic rings. The summed E-state index contributed by atoms with van der Waals surface area (Å²) in [5.41, 5.74) is 7.38. The number of benzene rings is 8. The van der Waals surface area contributed by atoms with Gasteiger partial charge in [0, 0.05) is 215 Å². The zero-order chi connectivity index (χ0) is 102. The average Bonchev–Trinajstić information content (AvgIpc) is 1.39. The highest BCUT2D eigenvalue weighted by Crippen LogP contribution is 2.38. The Morgan fingerprint density at radius 2 is 0.972 bits per heavy atom. The van der Waals surface area contributed by atoms with Crippen molar-refractivity contribution in [3.8, 4) is 0 Å². The lowest BCUT2D eigenvalue weighted by Crippen LogP contribution is -2.55. The number of nitrogens with zero attached hydrogens (tertiary/aromatic N) is 18. The second-order valence-corrected chi connectivity index (χ2v) is 44.6. The van der Waals surface area contributed by atoms with Crippen LogP contribution in [0, 0.1) is 17.5 Å². The molecule has 0 saturated carbocycles. The second kappa shape index (κ2) is 44.0. The van der Waals surface area contributed by atoms with E-state index in [9.17, 15) is 79.2 Å². The van der Waals surface area contributed by atoms with Gasteiger partial charge in [-0.1, -0.05) is 47.7 Å². The number of sulfonamides is 4. The number of nitrogens with one attached hydrogen (secondary N) is 4. The van der Waals surface area contributed by atoms with Crippen LogP contribution in [-0.4, -0.2) is 246 Å². The van der Waals surface area contributed by atoms with Gasteiger partial charge in [-0.05, 0) is 216 Å². The standard InChI is InChI=1S/C25H26F4N6O3S2.C25H25FN6O3S.C25H26FN5O3S2.C23H25N5O3S2.8H2/c1-16(35-10-2-3-17-15-18(26)4-9-21(17)35)22(36)34-13-11-33(12-14-34)19-5-7-20(8-6-19)40(37,38)32-24-31-30-23(39-24)25(27,28)29;1-18(32-12-10-21-22(26)3-2-4-23(21)32)25(33)31-15-13-30(14-16-31)19-5-7-20(8-6-19)36(34,35)29-24-9-11-27-17-28-24;1-17-16-29(20-6-8-21(9-7-20)36(33,34)28-25-27-11-15-35-25)13-14-30(17)24(32)18(2)31-12-10-19-4-3-5-22(26)23(19)31;29-22-21(27-15-13-26(14-16-27)18-4-2-1-3-5-18)10-12-28(22)19-6-8-20(9-7-19)33(30,31)25-23-24-11-17-32-23;;;;;;;;/h4-9,15-16H,2-3,10-14H2,1H3,(H,31,32);2-12,17-18H,13-16H2,1H3,(H,27,28,29);3-12,15,17-18H,13-14,16H2,1-2H3,(H,27,28);1-9,11,17,21H,10,12-16H2,(H,24,25);8*1H/t16-;18-;17?,18-;21-;;;;;;;;/m1110......../s1. The third kappa shape index (κ3) is 23.7. The summed E-state index contributed by atoms with van der Waals surface area (Å²) < 4.78 is 194. The van der Waals surface area contributed by atoms with E-state index >= 15 is 0 Å². The van der Waals surface area contributed by atoms with Crippen molar-refractivity contribution in [2.24, 2.45) is 0 Å². The molecule has 4 N–H and O–H groups in total. The Hall–Kier alpha value is -13.8. The summed E-state index contributed by atoms with van der Waals surface area (Å²) in [4.78, 5) is 89.1. The largest absolute Gasteiger partial charge is 0.445 e. The van der Waals surface area contributed by atoms with Gasteiger partial charge in [-0.15, -0.1) is 32.9 Å². The van der Waals surface area contributed by atoms with Crippen molar-refractivity contribution in [2.75, 3.05) is 160 Å². The molecule has 6 aliphatic rings. The number of fused-ring (bicyclic) bond motifs is 3. The fourth-order valence-electron chi connectivity index (χ4n) is 18.5. The minimum Gasteiger partial charge on any atom is -0.369 e. The van der Waals surface area contributed by atoms with Crippen molar-refractivity contribution in [3.63, 3.8) is 0 Å². The van der Waals surface area contributed by atoms with Crippen LogP contribution in [0.4, 0.5) is 81.7 Å². The summed E-state index contributed by atoms with van der Waals surface area (Å²) in [6, 6.07) is 53.9. The minimum absolute atomic E-state index is 0. The summed E-state index contributed by atoms with van der Waals surface area (Å²) in [5.74, 6) is -0.734. The number of rotatable bonds is 24. The molecule has 20 rings (SSSR count). The Morgan fingerprint density at radius 3 is 1.51 bits per heavy atom. The van der Waals surface area contributed by atoms with E-state index in [-0.39, 0.29) is 101 Å². The van der Waals surface area contributed by atoms with Crippen LogP contribution >= 0.6 is 34.0 Å². The van der Waals surface area contributed by atoms with E-state index in [4.69, 9.17) is 0 Å². The highest BCUT2D eigenvalue weighted by molar-refractivity contribution is 7.93. The number of para-hydroxylation sites is 2. The van der Waals surface area contributed by atoms with Gasteiger partial charge in [0.1, 0.15) is 47.7 Å². The maximum atomic E-state index is 14.5. The van der Waals surface area contributed by atoms with Gasteiger partial charge in [0.15, 0.2) is 10.3 Å². The molecule has 5 saturated heterocycles. The van der Waals surface area contributed by atoms with E-state index in [1.54, 1.807) is 148 Å². The molecule has 776 valence electrons. The van der Waals surface area contributed by atoms with E-state index in [1.165, 1.54) is 102 Å². The van der Waals surface area contributed by atoms with Gasteiger partial charge in [-0.2, -0.15) is 13.2 Å². The maximum Gasteiger partial charge on any atom is 0.445 e. The van der Waals surface area contributed by atoms with Gasteiger partial charge in [-0.3, -0.25) is 43.0 Å². The second-order valence-electron chi connectivity index (χ2n) is 35.1. The normalized spacial score (nSPS) is 17.3. The smallest absolute Gasteiger partial charge is 0.369 e. The van der Waals surface area contributed by atoms with Crippen molar-refractivity contribution >= 4 is 175 Å². The SMILES string of the molecule is CC1CN(c2ccc(S(=O)(=O)Nc3nccs3)cc2)CCN1C(=O)[C@@H](C)n1ccc2cccc(F)c21.C[C@H](C(=O)N1CCN(c2ccc(S(=O)(=O)Nc3ccncn3)cc2)CC1)n1ccc2c(F)cccc21.C[C@H](C(=O)N1CCN(c2ccc(S(=O)(=O)Nc3nnc(C(F)(F)F)s3)cc2)CC1)N1CCCc2cc(F)ccc21.O=C1[C@@H](N2CCN(c3ccccc3)CC2)CCN1c1ccc(S(=O)(=O)Nc2nccs2)cc1.[HH].[HH].[HH].[HH].[HH].[HH].[HH].[HH]. The number of anilines is 10. The fourth-order valence-corrected chi connectivity index (χ4v) is 24.9. The first-order chi connectivity index (χ1) is 69.5. The van der Waals surface area contributed by atoms with Crippen LogP contribution in [-0.2, 0) is 71.9 Å². The van der Waals surface area contributed by atoms with Gasteiger partial charge in [0.25, 0.3) is 40.1 Å². The van der Waals surface area contributed by atoms with E-state index in [1.807, 2.05) is 86.1 Å². The summed E-state index contributed by atoms with van der Waals surface area (Å²) in [5, 5.41) is 9.82. The van der Waals surface area contributed by atoms with Crippen LogP contribution < -0.4 is 48.3 Å². The van der Waals surface area contributed by atoms with Crippen LogP contribution in [0.1, 0.15) is 74.6 Å². The summed E-state index contributed by atoms with van der Waals surface area (Å²) >= 11 is 2.53. The Labute approximate surface area is 857 Å². The molecule has 5 fully saturated rings. The zero-order valence-electron chi connectivity index (χ0n) is 78.8. The van der Waals surface area contributed by atoms with Crippen molar-refractivity contribution < 1.29 is 90.6 Å². The summed E-state index contributed by atoms with van der Waals surface area (Å²) in [6.07, 6.45) is 7.01. The fraction of sp³-hybridized carbons (Fsp3) is 0.306. The molecule has 12 heterocycles. The Morgan fingerprint density at radius 1 is 0.469 bits per heavy atom. The first-order valence-corrected chi connectivity index (χ1v) is 55.0. The molecule has 145 heavy (non-hydrogen) atoms. The number of carbonyl (C=O) groups excluding carboxylic acids is 4. The first kappa shape index (κ1) is 103. The molecule has 47 heteroatoms. The lowest BCUT2D eigenvalue weighted by atomic mass is 9.99. The topological polar surface area (TPSA) is 373 Å². The number of carbonyl (C=O) groups is 4.